The minimum absolute atomic E-state index is 0.361. The van der Waals surface area contributed by atoms with E-state index >= 15 is 0 Å². The van der Waals surface area contributed by atoms with E-state index in [-0.39, 0.29) is 6.61 Å². The molecule has 0 atom stereocenters. The van der Waals surface area contributed by atoms with Crippen LogP contribution < -0.4 is 0 Å². The highest BCUT2D eigenvalue weighted by molar-refractivity contribution is 7.79. The Morgan fingerprint density at radius 3 is 1.44 bits per heavy atom. The second-order valence-corrected chi connectivity index (χ2v) is 1.69. The van der Waals surface area contributed by atoms with Gasteiger partial charge in [0.25, 0.3) is 0 Å². The molecular formula is C2H6O6S. The molecule has 0 radical (unpaired) electrons. The zero-order chi connectivity index (χ0) is 7.91. The van der Waals surface area contributed by atoms with Crippen molar-refractivity contribution in [2.75, 3.05) is 6.61 Å². The molecule has 7 heteroatoms. The van der Waals surface area contributed by atoms with Crippen LogP contribution in [0.15, 0.2) is 0 Å². The highest BCUT2D eigenvalue weighted by Gasteiger charge is 1.84. The van der Waals surface area contributed by atoms with Gasteiger partial charge in [-0.05, 0) is 0 Å². The number of carbonyl (C=O) groups is 1. The molecule has 6 nitrogen and oxygen atoms in total. The molecule has 0 aromatic heterocycles. The summed E-state index contributed by atoms with van der Waals surface area (Å²) < 4.78 is 31.6. The van der Waals surface area contributed by atoms with E-state index in [9.17, 15) is 0 Å². The van der Waals surface area contributed by atoms with Gasteiger partial charge in [0.1, 0.15) is 6.29 Å². The van der Waals surface area contributed by atoms with E-state index in [2.05, 4.69) is 0 Å². The standard InChI is InChI=1S/C2H4O2.H2O4S/c3-1-2-4;1-5(2,3)4/h1,4H,2H2;(H2,1,2,3,4). The molecule has 0 heterocycles. The van der Waals surface area contributed by atoms with Gasteiger partial charge in [-0.15, -0.1) is 0 Å². The molecule has 0 aliphatic rings. The Hall–Kier alpha value is -0.500. The van der Waals surface area contributed by atoms with Gasteiger partial charge < -0.3 is 9.90 Å². The first-order chi connectivity index (χ1) is 3.91. The van der Waals surface area contributed by atoms with Gasteiger partial charge in [-0.25, -0.2) is 0 Å². The smallest absolute Gasteiger partial charge is 0.389 e. The third-order valence-electron chi connectivity index (χ3n) is 0.0745. The number of aliphatic hydroxyl groups excluding tert-OH is 1. The number of carbonyl (C=O) groups excluding carboxylic acids is 1. The third kappa shape index (κ3) is 908. The summed E-state index contributed by atoms with van der Waals surface area (Å²) in [5.74, 6) is 0. The van der Waals surface area contributed by atoms with Gasteiger partial charge in [-0.1, -0.05) is 0 Å². The molecule has 0 saturated carbocycles. The van der Waals surface area contributed by atoms with Gasteiger partial charge >= 0.3 is 10.4 Å². The zero-order valence-corrected chi connectivity index (χ0v) is 5.08. The molecule has 0 aromatic carbocycles. The molecule has 0 spiro atoms. The fourth-order valence-corrected chi connectivity index (χ4v) is 0. The zero-order valence-electron chi connectivity index (χ0n) is 4.26. The van der Waals surface area contributed by atoms with Gasteiger partial charge in [-0.3, -0.25) is 9.11 Å². The first-order valence-electron chi connectivity index (χ1n) is 1.66. The summed E-state index contributed by atoms with van der Waals surface area (Å²) in [6.07, 6.45) is 0.431. The van der Waals surface area contributed by atoms with Crippen molar-refractivity contribution >= 4 is 16.7 Å². The van der Waals surface area contributed by atoms with Crippen molar-refractivity contribution in [3.05, 3.63) is 0 Å². The van der Waals surface area contributed by atoms with Gasteiger partial charge in [0.2, 0.25) is 0 Å². The first-order valence-corrected chi connectivity index (χ1v) is 3.06. The number of aliphatic hydroxyl groups is 1. The van der Waals surface area contributed by atoms with E-state index in [1.807, 2.05) is 0 Å². The van der Waals surface area contributed by atoms with E-state index in [1.54, 1.807) is 0 Å². The maximum absolute atomic E-state index is 8.92. The molecule has 0 aromatic rings. The topological polar surface area (TPSA) is 112 Å². The van der Waals surface area contributed by atoms with Gasteiger partial charge in [-0.2, -0.15) is 8.42 Å². The van der Waals surface area contributed by atoms with Crippen LogP contribution in [0.3, 0.4) is 0 Å². The second-order valence-electron chi connectivity index (χ2n) is 0.797. The van der Waals surface area contributed by atoms with Crippen molar-refractivity contribution in [3.63, 3.8) is 0 Å². The summed E-state index contributed by atoms with van der Waals surface area (Å²) in [6, 6.07) is 0. The molecule has 0 amide bonds. The van der Waals surface area contributed by atoms with Crippen LogP contribution >= 0.6 is 0 Å². The predicted octanol–water partition coefficient (Wildman–Crippen LogP) is -1.48. The van der Waals surface area contributed by atoms with Crippen molar-refractivity contribution < 1.29 is 27.4 Å². The maximum Gasteiger partial charge on any atom is 0.394 e. The van der Waals surface area contributed by atoms with E-state index in [4.69, 9.17) is 27.4 Å². The largest absolute Gasteiger partial charge is 0.394 e. The molecule has 56 valence electrons. The van der Waals surface area contributed by atoms with Gasteiger partial charge in [0.05, 0.1) is 6.61 Å². The average Bonchev–Trinajstić information content (AvgIpc) is 1.61. The SMILES string of the molecule is O=CCO.O=S(=O)(O)O. The van der Waals surface area contributed by atoms with Crippen molar-refractivity contribution in [2.24, 2.45) is 0 Å². The molecule has 0 saturated heterocycles. The normalized spacial score (nSPS) is 9.22. The summed E-state index contributed by atoms with van der Waals surface area (Å²) in [6.45, 7) is -0.361. The Kier molecular flexibility index (Phi) is 7.08. The van der Waals surface area contributed by atoms with Crippen molar-refractivity contribution in [3.8, 4) is 0 Å². The van der Waals surface area contributed by atoms with Crippen LogP contribution in [-0.4, -0.2) is 35.5 Å². The predicted molar refractivity (Wildman–Crippen MR) is 27.3 cm³/mol. The van der Waals surface area contributed by atoms with Crippen LogP contribution in [0.1, 0.15) is 0 Å². The van der Waals surface area contributed by atoms with Crippen LogP contribution in [0.5, 0.6) is 0 Å². The Morgan fingerprint density at radius 2 is 1.44 bits per heavy atom. The first kappa shape index (κ1) is 11.3. The summed E-state index contributed by atoms with van der Waals surface area (Å²) in [5.41, 5.74) is 0. The van der Waals surface area contributed by atoms with Crippen LogP contribution in [0, 0.1) is 0 Å². The molecule has 0 fully saturated rings. The quantitative estimate of drug-likeness (QED) is 0.317. The van der Waals surface area contributed by atoms with E-state index in [1.165, 1.54) is 0 Å². The lowest BCUT2D eigenvalue weighted by Gasteiger charge is -1.68. The van der Waals surface area contributed by atoms with E-state index in [0.29, 0.717) is 6.29 Å². The summed E-state index contributed by atoms with van der Waals surface area (Å²) >= 11 is 0. The van der Waals surface area contributed by atoms with Crippen LogP contribution in [-0.2, 0) is 15.2 Å². The summed E-state index contributed by atoms with van der Waals surface area (Å²) in [5, 5.41) is 7.51. The fourth-order valence-electron chi connectivity index (χ4n) is 0. The second kappa shape index (κ2) is 5.63. The molecular weight excluding hydrogens is 152 g/mol. The highest BCUT2D eigenvalue weighted by atomic mass is 32.3. The third-order valence-corrected chi connectivity index (χ3v) is 0.0745. The Morgan fingerprint density at radius 1 is 1.33 bits per heavy atom. The van der Waals surface area contributed by atoms with Gasteiger partial charge in [0.15, 0.2) is 0 Å². The minimum Gasteiger partial charge on any atom is -0.389 e. The Balaban J connectivity index is 0. The Labute approximate surface area is 51.7 Å². The Bertz CT molecular complexity index is 136. The molecule has 0 aliphatic heterocycles. The van der Waals surface area contributed by atoms with Crippen LogP contribution in [0.25, 0.3) is 0 Å². The molecule has 9 heavy (non-hydrogen) atoms. The summed E-state index contributed by atoms with van der Waals surface area (Å²) in [4.78, 5) is 8.92. The molecule has 0 bridgehead atoms. The van der Waals surface area contributed by atoms with Crippen LogP contribution in [0.4, 0.5) is 0 Å². The van der Waals surface area contributed by atoms with Crippen molar-refractivity contribution in [1.82, 2.24) is 0 Å². The summed E-state index contributed by atoms with van der Waals surface area (Å²) in [7, 11) is -4.67. The molecule has 0 aliphatic carbocycles. The molecule has 3 N–H and O–H groups in total. The number of rotatable bonds is 1. The molecule has 0 unspecified atom stereocenters. The lowest BCUT2D eigenvalue weighted by molar-refractivity contribution is -0.110. The number of hydrogen-bond acceptors (Lipinski definition) is 4. The van der Waals surface area contributed by atoms with Crippen molar-refractivity contribution in [2.45, 2.75) is 0 Å². The lowest BCUT2D eigenvalue weighted by atomic mass is 10.9. The van der Waals surface area contributed by atoms with Crippen LogP contribution in [0.2, 0.25) is 0 Å². The number of hydrogen-bond donors (Lipinski definition) is 3. The minimum atomic E-state index is -4.67. The lowest BCUT2D eigenvalue weighted by Crippen LogP contribution is -1.89. The average molecular weight is 158 g/mol. The molecule has 0 rings (SSSR count). The van der Waals surface area contributed by atoms with Gasteiger partial charge in [0, 0.05) is 0 Å². The van der Waals surface area contributed by atoms with E-state index < -0.39 is 10.4 Å². The van der Waals surface area contributed by atoms with Crippen molar-refractivity contribution in [1.29, 1.82) is 0 Å². The number of aldehydes is 1. The highest BCUT2D eigenvalue weighted by Crippen LogP contribution is 1.59. The fraction of sp³-hybridized carbons (Fsp3) is 0.500. The maximum atomic E-state index is 8.92. The monoisotopic (exact) mass is 158 g/mol. The van der Waals surface area contributed by atoms with E-state index in [0.717, 1.165) is 0 Å².